The first kappa shape index (κ1) is 13.9. The zero-order chi connectivity index (χ0) is 13.9. The van der Waals surface area contributed by atoms with Gasteiger partial charge in [0.1, 0.15) is 6.04 Å². The molecule has 1 aliphatic heterocycles. The van der Waals surface area contributed by atoms with Crippen molar-refractivity contribution in [3.05, 3.63) is 35.9 Å². The molecule has 3 nitrogen and oxygen atoms in total. The van der Waals surface area contributed by atoms with E-state index in [0.717, 1.165) is 10.6 Å². The number of carbonyl (C=O) groups excluding carboxylic acids is 1. The quantitative estimate of drug-likeness (QED) is 0.912. The number of nitrogens with zero attached hydrogens (tertiary/aromatic N) is 1. The smallest absolute Gasteiger partial charge is 0.288 e. The Bertz CT molecular complexity index is 433. The second kappa shape index (κ2) is 5.61. The summed E-state index contributed by atoms with van der Waals surface area (Å²) in [7, 11) is 0. The Morgan fingerprint density at radius 2 is 1.95 bits per heavy atom. The van der Waals surface area contributed by atoms with Gasteiger partial charge in [-0.3, -0.25) is 10.2 Å². The summed E-state index contributed by atoms with van der Waals surface area (Å²) in [5.74, 6) is -0.353. The molecule has 1 aromatic rings. The fourth-order valence-electron chi connectivity index (χ4n) is 2.17. The Morgan fingerprint density at radius 1 is 1.26 bits per heavy atom. The molecule has 0 radical (unpaired) electrons. The van der Waals surface area contributed by atoms with Crippen molar-refractivity contribution in [1.82, 2.24) is 10.4 Å². The van der Waals surface area contributed by atoms with Crippen molar-refractivity contribution in [1.29, 1.82) is 0 Å². The van der Waals surface area contributed by atoms with Gasteiger partial charge in [0.15, 0.2) is 0 Å². The number of amides is 1. The summed E-state index contributed by atoms with van der Waals surface area (Å²) in [5.41, 5.74) is 3.13. The van der Waals surface area contributed by atoms with E-state index in [-0.39, 0.29) is 25.3 Å². The molecule has 1 aromatic carbocycles. The van der Waals surface area contributed by atoms with Gasteiger partial charge in [-0.25, -0.2) is 5.01 Å². The van der Waals surface area contributed by atoms with Crippen molar-refractivity contribution in [3.8, 4) is 0 Å². The topological polar surface area (TPSA) is 32.3 Å². The van der Waals surface area contributed by atoms with E-state index >= 15 is 0 Å². The SMILES string of the molecule is O=C1CCN([C@@H](CCc2ccccc2)C(F)(F)F)N1. The summed E-state index contributed by atoms with van der Waals surface area (Å²) in [6.07, 6.45) is -3.95. The fourth-order valence-corrected chi connectivity index (χ4v) is 2.17. The number of hydrazine groups is 1. The number of hydrogen-bond donors (Lipinski definition) is 1. The lowest BCUT2D eigenvalue weighted by molar-refractivity contribution is -0.189. The third-order valence-electron chi connectivity index (χ3n) is 3.15. The first-order valence-corrected chi connectivity index (χ1v) is 6.13. The van der Waals surface area contributed by atoms with E-state index in [0.29, 0.717) is 6.42 Å². The summed E-state index contributed by atoms with van der Waals surface area (Å²) < 4.78 is 39.0. The Hall–Kier alpha value is -1.56. The minimum Gasteiger partial charge on any atom is -0.288 e. The van der Waals surface area contributed by atoms with E-state index in [9.17, 15) is 18.0 Å². The van der Waals surface area contributed by atoms with Crippen LogP contribution >= 0.6 is 0 Å². The van der Waals surface area contributed by atoms with Crippen molar-refractivity contribution in [2.75, 3.05) is 6.54 Å². The Labute approximate surface area is 109 Å². The second-order valence-corrected chi connectivity index (χ2v) is 4.56. The van der Waals surface area contributed by atoms with Crippen LogP contribution in [0.4, 0.5) is 13.2 Å². The monoisotopic (exact) mass is 272 g/mol. The number of alkyl halides is 3. The van der Waals surface area contributed by atoms with Crippen LogP contribution < -0.4 is 5.43 Å². The lowest BCUT2D eigenvalue weighted by Gasteiger charge is -2.28. The molecule has 0 spiro atoms. The zero-order valence-electron chi connectivity index (χ0n) is 10.3. The van der Waals surface area contributed by atoms with E-state index in [1.807, 2.05) is 6.07 Å². The first-order valence-electron chi connectivity index (χ1n) is 6.13. The van der Waals surface area contributed by atoms with Gasteiger partial charge in [-0.2, -0.15) is 13.2 Å². The molecule has 1 amide bonds. The van der Waals surface area contributed by atoms with Gasteiger partial charge in [0.25, 0.3) is 0 Å². The summed E-state index contributed by atoms with van der Waals surface area (Å²) in [6.45, 7) is 0.109. The normalized spacial score (nSPS) is 18.4. The van der Waals surface area contributed by atoms with Gasteiger partial charge >= 0.3 is 6.18 Å². The molecule has 19 heavy (non-hydrogen) atoms. The molecule has 6 heteroatoms. The maximum absolute atomic E-state index is 13.0. The highest BCUT2D eigenvalue weighted by Gasteiger charge is 2.45. The standard InChI is InChI=1S/C13H15F3N2O/c14-13(15,16)11(18-9-8-12(19)17-18)7-6-10-4-2-1-3-5-10/h1-5,11H,6-9H2,(H,17,19)/t11-/m0/s1. The molecule has 1 saturated heterocycles. The number of benzene rings is 1. The van der Waals surface area contributed by atoms with Crippen LogP contribution in [0.2, 0.25) is 0 Å². The van der Waals surface area contributed by atoms with Crippen LogP contribution in [0.5, 0.6) is 0 Å². The Kier molecular flexibility index (Phi) is 4.09. The summed E-state index contributed by atoms with van der Waals surface area (Å²) in [5, 5.41) is 1.01. The van der Waals surface area contributed by atoms with Crippen molar-refractivity contribution in [2.45, 2.75) is 31.5 Å². The minimum atomic E-state index is -4.34. The zero-order valence-corrected chi connectivity index (χ0v) is 10.3. The van der Waals surface area contributed by atoms with Crippen LogP contribution in [0.15, 0.2) is 30.3 Å². The molecule has 0 aromatic heterocycles. The lowest BCUT2D eigenvalue weighted by Crippen LogP contribution is -2.50. The molecule has 104 valence electrons. The first-order chi connectivity index (χ1) is 8.97. The van der Waals surface area contributed by atoms with Crippen molar-refractivity contribution < 1.29 is 18.0 Å². The maximum atomic E-state index is 13.0. The largest absolute Gasteiger partial charge is 0.405 e. The average molecular weight is 272 g/mol. The van der Waals surface area contributed by atoms with Crippen LogP contribution in [0, 0.1) is 0 Å². The minimum absolute atomic E-state index is 0.0617. The third-order valence-corrected chi connectivity index (χ3v) is 3.15. The molecule has 1 aliphatic rings. The number of hydrogen-bond acceptors (Lipinski definition) is 2. The number of aryl methyl sites for hydroxylation is 1. The summed E-state index contributed by atoms with van der Waals surface area (Å²) in [6, 6.07) is 7.40. The van der Waals surface area contributed by atoms with Crippen LogP contribution in [0.3, 0.4) is 0 Å². The highest BCUT2D eigenvalue weighted by molar-refractivity contribution is 5.77. The molecule has 0 unspecified atom stereocenters. The summed E-state index contributed by atoms with van der Waals surface area (Å²) in [4.78, 5) is 11.0. The van der Waals surface area contributed by atoms with E-state index in [1.54, 1.807) is 24.3 Å². The predicted molar refractivity (Wildman–Crippen MR) is 64.1 cm³/mol. The van der Waals surface area contributed by atoms with Crippen molar-refractivity contribution in [2.24, 2.45) is 0 Å². The van der Waals surface area contributed by atoms with Gasteiger partial charge in [-0.15, -0.1) is 0 Å². The van der Waals surface area contributed by atoms with E-state index in [4.69, 9.17) is 0 Å². The number of halogens is 3. The predicted octanol–water partition coefficient (Wildman–Crippen LogP) is 2.29. The number of rotatable bonds is 4. The van der Waals surface area contributed by atoms with Crippen molar-refractivity contribution in [3.63, 3.8) is 0 Å². The average Bonchev–Trinajstić information content (AvgIpc) is 2.75. The van der Waals surface area contributed by atoms with Crippen LogP contribution in [0.25, 0.3) is 0 Å². The summed E-state index contributed by atoms with van der Waals surface area (Å²) >= 11 is 0. The molecule has 0 aliphatic carbocycles. The second-order valence-electron chi connectivity index (χ2n) is 4.56. The molecular weight excluding hydrogens is 257 g/mol. The molecule has 0 bridgehead atoms. The van der Waals surface area contributed by atoms with Crippen molar-refractivity contribution >= 4 is 5.91 Å². The van der Waals surface area contributed by atoms with Gasteiger partial charge in [-0.05, 0) is 18.4 Å². The molecule has 0 saturated carbocycles. The maximum Gasteiger partial charge on any atom is 0.405 e. The fraction of sp³-hybridized carbons (Fsp3) is 0.462. The van der Waals surface area contributed by atoms with E-state index in [2.05, 4.69) is 5.43 Å². The Morgan fingerprint density at radius 3 is 2.47 bits per heavy atom. The van der Waals surface area contributed by atoms with Gasteiger partial charge < -0.3 is 0 Å². The van der Waals surface area contributed by atoms with Gasteiger partial charge in [0.2, 0.25) is 5.91 Å². The molecule has 1 atom stereocenters. The molecule has 2 rings (SSSR count). The van der Waals surface area contributed by atoms with E-state index in [1.165, 1.54) is 0 Å². The molecule has 1 fully saturated rings. The van der Waals surface area contributed by atoms with Gasteiger partial charge in [0.05, 0.1) is 0 Å². The van der Waals surface area contributed by atoms with Gasteiger partial charge in [0, 0.05) is 13.0 Å². The van der Waals surface area contributed by atoms with Gasteiger partial charge in [-0.1, -0.05) is 30.3 Å². The number of nitrogens with one attached hydrogen (secondary N) is 1. The number of carbonyl (C=O) groups is 1. The van der Waals surface area contributed by atoms with Crippen LogP contribution in [0.1, 0.15) is 18.4 Å². The highest BCUT2D eigenvalue weighted by atomic mass is 19.4. The lowest BCUT2D eigenvalue weighted by atomic mass is 10.0. The molecular formula is C13H15F3N2O. The highest BCUT2D eigenvalue weighted by Crippen LogP contribution is 2.28. The van der Waals surface area contributed by atoms with Crippen LogP contribution in [-0.4, -0.2) is 29.7 Å². The molecule has 1 heterocycles. The van der Waals surface area contributed by atoms with E-state index < -0.39 is 12.2 Å². The van der Waals surface area contributed by atoms with Crippen LogP contribution in [-0.2, 0) is 11.2 Å². The third kappa shape index (κ3) is 3.70. The molecule has 1 N–H and O–H groups in total. The Balaban J connectivity index is 2.01.